The molecule has 0 atom stereocenters. The van der Waals surface area contributed by atoms with Gasteiger partial charge in [-0.1, -0.05) is 0 Å². The molecule has 2 aliphatic rings. The fourth-order valence-corrected chi connectivity index (χ4v) is 24.9. The molecule has 2 nitrogen and oxygen atoms in total. The number of hydrogen-bond donors (Lipinski definition) is 0. The summed E-state index contributed by atoms with van der Waals surface area (Å²) in [4.78, 5) is 0. The van der Waals surface area contributed by atoms with Crippen molar-refractivity contribution < 1.29 is 8.88 Å². The van der Waals surface area contributed by atoms with Crippen molar-refractivity contribution in [2.24, 2.45) is 0 Å². The summed E-state index contributed by atoms with van der Waals surface area (Å²) < 4.78 is 17.6. The van der Waals surface area contributed by atoms with Crippen LogP contribution in [-0.4, -0.2) is 18.4 Å². The van der Waals surface area contributed by atoms with Crippen molar-refractivity contribution in [3.05, 3.63) is 212 Å². The molecule has 0 heterocycles. The first-order valence-electron chi connectivity index (χ1n) is 21.0. The molecule has 2 saturated carbocycles. The van der Waals surface area contributed by atoms with Gasteiger partial charge in [0.1, 0.15) is 0 Å². The van der Waals surface area contributed by atoms with E-state index in [4.69, 9.17) is 8.88 Å². The summed E-state index contributed by atoms with van der Waals surface area (Å²) in [6.07, 6.45) is 9.04. The molecule has 0 aromatic heterocycles. The molecule has 0 amide bonds. The summed E-state index contributed by atoms with van der Waals surface area (Å²) >= 11 is 0. The van der Waals surface area contributed by atoms with E-state index < -0.39 is 20.8 Å². The van der Waals surface area contributed by atoms with Gasteiger partial charge in [-0.3, -0.25) is 0 Å². The van der Waals surface area contributed by atoms with Crippen LogP contribution in [0.5, 0.6) is 0 Å². The average molecular weight is 783 g/mol. The Bertz CT molecular complexity index is 1990. The molecule has 0 aliphatic heterocycles. The van der Waals surface area contributed by atoms with Crippen LogP contribution in [0.3, 0.4) is 0 Å². The van der Waals surface area contributed by atoms with Crippen molar-refractivity contribution in [2.45, 2.75) is 62.7 Å². The van der Waals surface area contributed by atoms with Gasteiger partial charge in [0.25, 0.3) is 0 Å². The van der Waals surface area contributed by atoms with Crippen molar-refractivity contribution in [1.29, 1.82) is 0 Å². The van der Waals surface area contributed by atoms with Crippen molar-refractivity contribution in [1.82, 2.24) is 0 Å². The molecular weight excluding hydrogens is 729 g/mol. The van der Waals surface area contributed by atoms with E-state index in [0.717, 1.165) is 31.1 Å². The van der Waals surface area contributed by atoms with E-state index in [0.29, 0.717) is 0 Å². The van der Waals surface area contributed by atoms with Crippen LogP contribution >= 0.6 is 13.7 Å². The zero-order valence-corrected chi connectivity index (χ0v) is 34.6. The zero-order chi connectivity index (χ0) is 38.5. The quantitative estimate of drug-likeness (QED) is 0.0857. The fourth-order valence-electron chi connectivity index (χ4n) is 11.0. The fraction of sp³-hybridized carbons (Fsp3) is 0.192. The first kappa shape index (κ1) is 37.9. The zero-order valence-electron chi connectivity index (χ0n) is 32.8. The molecule has 5 heteroatoms. The Hall–Kier alpha value is -4.62. The minimum atomic E-state index is -3.92. The van der Waals surface area contributed by atoms with Gasteiger partial charge >= 0.3 is 342 Å². The molecule has 0 saturated heterocycles. The minimum absolute atomic E-state index is 0.251. The summed E-state index contributed by atoms with van der Waals surface area (Å²) in [6, 6.07) is 78.8. The molecule has 0 bridgehead atoms. The molecule has 9 rings (SSSR count). The molecule has 7 aromatic rings. The van der Waals surface area contributed by atoms with Gasteiger partial charge in [0.15, 0.2) is 0 Å². The van der Waals surface area contributed by atoms with E-state index in [1.807, 2.05) is 0 Å². The van der Waals surface area contributed by atoms with Crippen LogP contribution in [0.2, 0.25) is 0 Å². The molecule has 0 radical (unpaired) electrons. The topological polar surface area (TPSA) is 18.5 Å². The molecule has 0 unspecified atom stereocenters. The first-order chi connectivity index (χ1) is 28.2. The van der Waals surface area contributed by atoms with Crippen LogP contribution < -0.4 is 37.3 Å². The van der Waals surface area contributed by atoms with Crippen molar-refractivity contribution >= 4 is 58.1 Å². The summed E-state index contributed by atoms with van der Waals surface area (Å²) in [5, 5.41) is 7.57. The molecule has 0 N–H and O–H groups in total. The molecular formula is C52H53BO2P2. The summed E-state index contributed by atoms with van der Waals surface area (Å²) in [7, 11) is -0.732. The normalized spacial score (nSPS) is 16.6. The van der Waals surface area contributed by atoms with Gasteiger partial charge in [0.05, 0.1) is 0 Å². The maximum absolute atomic E-state index is 8.80. The third-order valence-electron chi connectivity index (χ3n) is 13.4. The number of rotatable bonds is 13. The van der Waals surface area contributed by atoms with Crippen LogP contribution in [0.15, 0.2) is 212 Å². The first-order valence-corrected chi connectivity index (χ1v) is 25.4. The van der Waals surface area contributed by atoms with E-state index in [-0.39, 0.29) is 11.3 Å². The van der Waals surface area contributed by atoms with E-state index in [9.17, 15) is 0 Å². The Kier molecular flexibility index (Phi) is 10.6. The van der Waals surface area contributed by atoms with Gasteiger partial charge in [-0.15, -0.1) is 0 Å². The molecule has 0 spiro atoms. The second kappa shape index (κ2) is 16.0. The van der Waals surface area contributed by atoms with Crippen LogP contribution in [0.25, 0.3) is 0 Å². The summed E-state index contributed by atoms with van der Waals surface area (Å²) in [5.41, 5.74) is 1.54. The molecule has 286 valence electrons. The van der Waals surface area contributed by atoms with E-state index in [1.54, 1.807) is 0 Å². The third kappa shape index (κ3) is 5.93. The van der Waals surface area contributed by atoms with Crippen LogP contribution in [0.4, 0.5) is 0 Å². The van der Waals surface area contributed by atoms with Crippen LogP contribution in [0, 0.1) is 0 Å². The van der Waals surface area contributed by atoms with E-state index >= 15 is 0 Å². The van der Waals surface area contributed by atoms with Crippen LogP contribution in [-0.2, 0) is 8.88 Å². The second-order valence-corrected chi connectivity index (χ2v) is 25.4. The van der Waals surface area contributed by atoms with Gasteiger partial charge in [-0.05, 0) is 0 Å². The molecule has 2 fully saturated rings. The van der Waals surface area contributed by atoms with Gasteiger partial charge in [0.2, 0.25) is 0 Å². The van der Waals surface area contributed by atoms with Crippen molar-refractivity contribution in [3.8, 4) is 0 Å². The van der Waals surface area contributed by atoms with E-state index in [2.05, 4.69) is 212 Å². The van der Waals surface area contributed by atoms with Crippen molar-refractivity contribution in [2.75, 3.05) is 0 Å². The standard InChI is InChI=1S/C52H53BO2P2/c1-8-26-44(27-9-1)53(54-56(51-40-22-23-41-51,45-28-10-2-11-29-45,46-30-12-3-13-31-46)47-32-14-4-15-33-47)55-57(52-42-24-25-43-52,48-34-16-5-17-35-48,49-36-18-6-19-37-49)50-38-20-7-21-39-50/h1-21,26-39,51-52H,22-25,40-43H2. The van der Waals surface area contributed by atoms with Gasteiger partial charge in [0, 0.05) is 0 Å². The average Bonchev–Trinajstić information content (AvgIpc) is 4.07. The molecule has 2 aliphatic carbocycles. The Morgan fingerprint density at radius 3 is 0.737 bits per heavy atom. The monoisotopic (exact) mass is 782 g/mol. The number of hydrogen-bond acceptors (Lipinski definition) is 2. The Balaban J connectivity index is 1.45. The summed E-state index contributed by atoms with van der Waals surface area (Å²) in [5.74, 6) is 0. The maximum atomic E-state index is 8.80. The Labute approximate surface area is 340 Å². The van der Waals surface area contributed by atoms with Gasteiger partial charge in [-0.2, -0.15) is 0 Å². The molecule has 7 aromatic carbocycles. The Morgan fingerprint density at radius 2 is 0.509 bits per heavy atom. The predicted octanol–water partition coefficient (Wildman–Crippen LogP) is 10.2. The Morgan fingerprint density at radius 1 is 0.298 bits per heavy atom. The van der Waals surface area contributed by atoms with Gasteiger partial charge < -0.3 is 0 Å². The molecule has 57 heavy (non-hydrogen) atoms. The van der Waals surface area contributed by atoms with Crippen LogP contribution in [0.1, 0.15) is 51.4 Å². The number of benzene rings is 7. The summed E-state index contributed by atoms with van der Waals surface area (Å²) in [6.45, 7) is -7.84. The van der Waals surface area contributed by atoms with E-state index in [1.165, 1.54) is 57.5 Å². The predicted molar refractivity (Wildman–Crippen MR) is 249 cm³/mol. The van der Waals surface area contributed by atoms with Crippen molar-refractivity contribution in [3.63, 3.8) is 0 Å². The van der Waals surface area contributed by atoms with Gasteiger partial charge in [-0.25, -0.2) is 0 Å². The second-order valence-electron chi connectivity index (χ2n) is 16.0. The third-order valence-corrected chi connectivity index (χ3v) is 26.4. The SMILES string of the molecule is c1ccc(B(OP(c2ccccc2)(c2ccccc2)(c2ccccc2)C2CCCC2)OP(c2ccccc2)(c2ccccc2)(c2ccccc2)C2CCCC2)cc1.